The van der Waals surface area contributed by atoms with E-state index in [0.717, 1.165) is 43.7 Å². The van der Waals surface area contributed by atoms with Crippen molar-refractivity contribution in [2.75, 3.05) is 33.4 Å². The fourth-order valence-corrected chi connectivity index (χ4v) is 3.71. The van der Waals surface area contributed by atoms with Crippen molar-refractivity contribution >= 4 is 5.78 Å². The monoisotopic (exact) mass is 253 g/mol. The molecule has 2 rings (SSSR count). The Kier molecular flexibility index (Phi) is 4.12. The second-order valence-corrected chi connectivity index (χ2v) is 7.02. The predicted molar refractivity (Wildman–Crippen MR) is 72.5 cm³/mol. The lowest BCUT2D eigenvalue weighted by atomic mass is 9.94. The lowest BCUT2D eigenvalue weighted by Crippen LogP contribution is -2.37. The molecule has 0 spiro atoms. The molecule has 2 aliphatic rings. The van der Waals surface area contributed by atoms with Crippen molar-refractivity contribution in [3.05, 3.63) is 0 Å². The molecule has 1 saturated heterocycles. The maximum atomic E-state index is 11.0. The van der Waals surface area contributed by atoms with Gasteiger partial charge in [0, 0.05) is 38.6 Å². The minimum Gasteiger partial charge on any atom is -0.384 e. The highest BCUT2D eigenvalue weighted by Crippen LogP contribution is 2.54. The van der Waals surface area contributed by atoms with Crippen LogP contribution in [0.2, 0.25) is 0 Å². The number of likely N-dealkylation sites (tertiary alicyclic amines) is 1. The number of Topliss-reactive ketones (excluding diaryl/α,β-unsaturated/α-hetero) is 1. The number of ether oxygens (including phenoxy) is 1. The summed E-state index contributed by atoms with van der Waals surface area (Å²) in [5.74, 6) is 2.94. The molecular formula is C15H27NO2. The summed E-state index contributed by atoms with van der Waals surface area (Å²) < 4.78 is 5.28. The lowest BCUT2D eigenvalue weighted by molar-refractivity contribution is -0.117. The van der Waals surface area contributed by atoms with Crippen LogP contribution < -0.4 is 0 Å². The van der Waals surface area contributed by atoms with Crippen molar-refractivity contribution in [1.82, 2.24) is 4.90 Å². The van der Waals surface area contributed by atoms with E-state index >= 15 is 0 Å². The van der Waals surface area contributed by atoms with Gasteiger partial charge in [0.2, 0.25) is 0 Å². The molecule has 3 heteroatoms. The van der Waals surface area contributed by atoms with Gasteiger partial charge in [-0.15, -0.1) is 0 Å². The summed E-state index contributed by atoms with van der Waals surface area (Å²) in [7, 11) is 1.78. The van der Waals surface area contributed by atoms with Gasteiger partial charge in [0.25, 0.3) is 0 Å². The van der Waals surface area contributed by atoms with Crippen LogP contribution >= 0.6 is 0 Å². The third-order valence-electron chi connectivity index (χ3n) is 4.46. The molecule has 0 bridgehead atoms. The van der Waals surface area contributed by atoms with Crippen LogP contribution in [-0.4, -0.2) is 44.0 Å². The molecule has 0 aromatic carbocycles. The summed E-state index contributed by atoms with van der Waals surface area (Å²) in [4.78, 5) is 13.6. The van der Waals surface area contributed by atoms with Crippen molar-refractivity contribution in [2.24, 2.45) is 23.2 Å². The van der Waals surface area contributed by atoms with Gasteiger partial charge in [0.1, 0.15) is 5.78 Å². The van der Waals surface area contributed by atoms with E-state index in [9.17, 15) is 4.79 Å². The molecule has 3 atom stereocenters. The van der Waals surface area contributed by atoms with E-state index in [4.69, 9.17) is 4.74 Å². The molecule has 0 radical (unpaired) electrons. The molecule has 18 heavy (non-hydrogen) atoms. The molecule has 1 aliphatic carbocycles. The molecule has 0 amide bonds. The van der Waals surface area contributed by atoms with Gasteiger partial charge in [-0.3, -0.25) is 0 Å². The fraction of sp³-hybridized carbons (Fsp3) is 0.933. The maximum absolute atomic E-state index is 11.0. The van der Waals surface area contributed by atoms with Gasteiger partial charge in [-0.05, 0) is 31.1 Å². The Bertz CT molecular complexity index is 302. The zero-order valence-corrected chi connectivity index (χ0v) is 12.2. The van der Waals surface area contributed by atoms with Crippen LogP contribution in [-0.2, 0) is 9.53 Å². The third-order valence-corrected chi connectivity index (χ3v) is 4.46. The summed E-state index contributed by atoms with van der Waals surface area (Å²) in [6.07, 6.45) is 1.91. The Morgan fingerprint density at radius 2 is 1.94 bits per heavy atom. The summed E-state index contributed by atoms with van der Waals surface area (Å²) in [5.41, 5.74) is 0.250. The Hall–Kier alpha value is -0.410. The second-order valence-electron chi connectivity index (χ2n) is 7.02. The first kappa shape index (κ1) is 14.0. The van der Waals surface area contributed by atoms with Crippen molar-refractivity contribution in [1.29, 1.82) is 0 Å². The van der Waals surface area contributed by atoms with Gasteiger partial charge < -0.3 is 14.4 Å². The number of methoxy groups -OCH3 is 1. The SMILES string of the molecule is COCC(C)(C)CN1CC2C(CCC(C)=O)[C@H]2C1. The first-order chi connectivity index (χ1) is 8.43. The van der Waals surface area contributed by atoms with E-state index in [1.54, 1.807) is 14.0 Å². The normalized spacial score (nSPS) is 31.4. The average molecular weight is 253 g/mol. The highest BCUT2D eigenvalue weighted by molar-refractivity contribution is 5.75. The van der Waals surface area contributed by atoms with E-state index in [-0.39, 0.29) is 5.41 Å². The fourth-order valence-electron chi connectivity index (χ4n) is 3.71. The number of carbonyl (C=O) groups is 1. The van der Waals surface area contributed by atoms with Crippen LogP contribution in [0.5, 0.6) is 0 Å². The van der Waals surface area contributed by atoms with Gasteiger partial charge in [-0.2, -0.15) is 0 Å². The van der Waals surface area contributed by atoms with Gasteiger partial charge in [-0.1, -0.05) is 13.8 Å². The standard InChI is InChI=1S/C15H27NO2/c1-11(17)5-6-12-13-7-16(8-14(12)13)9-15(2,3)10-18-4/h12-14H,5-10H2,1-4H3/t12?,13-,14?/m1/s1. The van der Waals surface area contributed by atoms with Crippen molar-refractivity contribution in [2.45, 2.75) is 33.6 Å². The summed E-state index contributed by atoms with van der Waals surface area (Å²) in [5, 5.41) is 0. The zero-order chi connectivity index (χ0) is 13.3. The molecule has 2 fully saturated rings. The molecule has 104 valence electrons. The summed E-state index contributed by atoms with van der Waals surface area (Å²) >= 11 is 0. The van der Waals surface area contributed by atoms with E-state index in [1.807, 2.05) is 0 Å². The predicted octanol–water partition coefficient (Wildman–Crippen LogP) is 2.21. The first-order valence-electron chi connectivity index (χ1n) is 7.14. The Balaban J connectivity index is 1.69. The quantitative estimate of drug-likeness (QED) is 0.696. The Morgan fingerprint density at radius 1 is 1.33 bits per heavy atom. The zero-order valence-electron chi connectivity index (χ0n) is 12.2. The summed E-state index contributed by atoms with van der Waals surface area (Å²) in [6, 6.07) is 0. The van der Waals surface area contributed by atoms with Crippen LogP contribution in [0.1, 0.15) is 33.6 Å². The molecule has 0 aromatic heterocycles. The second kappa shape index (κ2) is 5.30. The highest BCUT2D eigenvalue weighted by Gasteiger charge is 2.55. The van der Waals surface area contributed by atoms with E-state index < -0.39 is 0 Å². The Morgan fingerprint density at radius 3 is 2.44 bits per heavy atom. The van der Waals surface area contributed by atoms with Crippen molar-refractivity contribution in [3.63, 3.8) is 0 Å². The number of carbonyl (C=O) groups excluding carboxylic acids is 1. The minimum atomic E-state index is 0.250. The van der Waals surface area contributed by atoms with Crippen LogP contribution in [0.25, 0.3) is 0 Å². The number of hydrogen-bond acceptors (Lipinski definition) is 3. The van der Waals surface area contributed by atoms with Crippen LogP contribution in [0.3, 0.4) is 0 Å². The number of ketones is 1. The first-order valence-corrected chi connectivity index (χ1v) is 7.14. The lowest BCUT2D eigenvalue weighted by Gasteiger charge is -2.30. The topological polar surface area (TPSA) is 29.5 Å². The van der Waals surface area contributed by atoms with E-state index in [2.05, 4.69) is 18.7 Å². The number of rotatable bonds is 7. The maximum Gasteiger partial charge on any atom is 0.129 e. The van der Waals surface area contributed by atoms with Gasteiger partial charge >= 0.3 is 0 Å². The molecule has 1 saturated carbocycles. The van der Waals surface area contributed by atoms with Gasteiger partial charge in [0.05, 0.1) is 6.61 Å². The minimum absolute atomic E-state index is 0.250. The summed E-state index contributed by atoms with van der Waals surface area (Å²) in [6.45, 7) is 10.7. The number of piperidine rings is 1. The molecular weight excluding hydrogens is 226 g/mol. The highest BCUT2D eigenvalue weighted by atomic mass is 16.5. The molecule has 1 heterocycles. The molecule has 0 N–H and O–H groups in total. The molecule has 1 aliphatic heterocycles. The molecule has 2 unspecified atom stereocenters. The van der Waals surface area contributed by atoms with Gasteiger partial charge in [-0.25, -0.2) is 0 Å². The van der Waals surface area contributed by atoms with Crippen LogP contribution in [0.15, 0.2) is 0 Å². The van der Waals surface area contributed by atoms with Crippen LogP contribution in [0, 0.1) is 23.2 Å². The molecule has 0 aromatic rings. The average Bonchev–Trinajstić information content (AvgIpc) is 2.68. The number of nitrogens with zero attached hydrogens (tertiary/aromatic N) is 1. The smallest absolute Gasteiger partial charge is 0.129 e. The number of hydrogen-bond donors (Lipinski definition) is 0. The largest absolute Gasteiger partial charge is 0.384 e. The van der Waals surface area contributed by atoms with Crippen molar-refractivity contribution in [3.8, 4) is 0 Å². The van der Waals surface area contributed by atoms with E-state index in [0.29, 0.717) is 5.78 Å². The van der Waals surface area contributed by atoms with Gasteiger partial charge in [0.15, 0.2) is 0 Å². The van der Waals surface area contributed by atoms with E-state index in [1.165, 1.54) is 13.1 Å². The number of fused-ring (bicyclic) bond motifs is 1. The van der Waals surface area contributed by atoms with Crippen molar-refractivity contribution < 1.29 is 9.53 Å². The van der Waals surface area contributed by atoms with Crippen LogP contribution in [0.4, 0.5) is 0 Å². The third kappa shape index (κ3) is 3.33. The Labute approximate surface area is 111 Å². The molecule has 3 nitrogen and oxygen atoms in total.